The van der Waals surface area contributed by atoms with Crippen LogP contribution in [0.15, 0.2) is 83.6 Å². The van der Waals surface area contributed by atoms with Gasteiger partial charge < -0.3 is 9.47 Å². The number of hydrogen-bond donors (Lipinski definition) is 0. The second-order valence-corrected chi connectivity index (χ2v) is 5.94. The Morgan fingerprint density at radius 1 is 0.750 bits per heavy atom. The normalized spacial score (nSPS) is 10.0. The molecule has 2 rings (SSSR count). The first-order chi connectivity index (χ1) is 11.5. The second-order valence-electron chi connectivity index (χ2n) is 4.46. The van der Waals surface area contributed by atoms with E-state index in [0.29, 0.717) is 21.3 Å². The monoisotopic (exact) mass is 342 g/mol. The van der Waals surface area contributed by atoms with Gasteiger partial charge in [0.15, 0.2) is 0 Å². The van der Waals surface area contributed by atoms with Crippen LogP contribution in [-0.2, 0) is 20.4 Å². The zero-order valence-electron chi connectivity index (χ0n) is 12.6. The third kappa shape index (κ3) is 4.50. The Kier molecular flexibility index (Phi) is 5.81. The average molecular weight is 342 g/mol. The van der Waals surface area contributed by atoms with Crippen molar-refractivity contribution in [1.82, 2.24) is 0 Å². The molecule has 0 aliphatic carbocycles. The molecule has 0 fully saturated rings. The second kappa shape index (κ2) is 8.03. The van der Waals surface area contributed by atoms with Gasteiger partial charge in [0.1, 0.15) is 11.5 Å². The van der Waals surface area contributed by atoms with Crippen molar-refractivity contribution in [3.05, 3.63) is 73.8 Å². The molecular weight excluding hydrogens is 328 g/mol. The SMILES string of the molecule is C=CC(=O)Oc1ccc(S(=O)c2ccc(OC(=O)C=C)cc2)cc1. The molecule has 0 amide bonds. The van der Waals surface area contributed by atoms with E-state index in [1.54, 1.807) is 48.5 Å². The van der Waals surface area contributed by atoms with Gasteiger partial charge in [0.25, 0.3) is 0 Å². The van der Waals surface area contributed by atoms with Crippen LogP contribution in [0.1, 0.15) is 0 Å². The summed E-state index contributed by atoms with van der Waals surface area (Å²) in [6.07, 6.45) is 2.12. The van der Waals surface area contributed by atoms with E-state index in [1.165, 1.54) is 0 Å². The molecule has 122 valence electrons. The van der Waals surface area contributed by atoms with Gasteiger partial charge >= 0.3 is 11.9 Å². The van der Waals surface area contributed by atoms with Gasteiger partial charge in [-0.3, -0.25) is 0 Å². The largest absolute Gasteiger partial charge is 0.423 e. The van der Waals surface area contributed by atoms with Crippen LogP contribution in [0.3, 0.4) is 0 Å². The van der Waals surface area contributed by atoms with Crippen molar-refractivity contribution >= 4 is 22.7 Å². The highest BCUT2D eigenvalue weighted by Gasteiger charge is 2.09. The number of benzene rings is 2. The van der Waals surface area contributed by atoms with Crippen LogP contribution in [0.4, 0.5) is 0 Å². The molecule has 24 heavy (non-hydrogen) atoms. The standard InChI is InChI=1S/C18H14O5S/c1-3-17(19)22-13-5-9-15(10-6-13)24(21)16-11-7-14(8-12-16)23-18(20)4-2/h3-12H,1-2H2. The molecule has 0 bridgehead atoms. The molecule has 2 aromatic carbocycles. The first-order valence-electron chi connectivity index (χ1n) is 6.84. The summed E-state index contributed by atoms with van der Waals surface area (Å²) in [5.41, 5.74) is 0. The molecule has 6 heteroatoms. The van der Waals surface area contributed by atoms with E-state index in [-0.39, 0.29) is 0 Å². The van der Waals surface area contributed by atoms with E-state index in [0.717, 1.165) is 12.2 Å². The highest BCUT2D eigenvalue weighted by molar-refractivity contribution is 7.85. The smallest absolute Gasteiger partial charge is 0.335 e. The summed E-state index contributed by atoms with van der Waals surface area (Å²) in [7, 11) is -1.41. The van der Waals surface area contributed by atoms with Gasteiger partial charge in [-0.05, 0) is 48.5 Å². The molecule has 0 spiro atoms. The molecule has 0 saturated carbocycles. The Morgan fingerprint density at radius 3 is 1.38 bits per heavy atom. The van der Waals surface area contributed by atoms with Crippen LogP contribution in [-0.4, -0.2) is 16.1 Å². The van der Waals surface area contributed by atoms with Crippen LogP contribution < -0.4 is 9.47 Å². The van der Waals surface area contributed by atoms with E-state index >= 15 is 0 Å². The zero-order valence-corrected chi connectivity index (χ0v) is 13.5. The van der Waals surface area contributed by atoms with Crippen LogP contribution in [0, 0.1) is 0 Å². The molecule has 0 aliphatic rings. The molecule has 0 atom stereocenters. The predicted octanol–water partition coefficient (Wildman–Crippen LogP) is 3.04. The number of hydrogen-bond acceptors (Lipinski definition) is 5. The first kappa shape index (κ1) is 17.4. The van der Waals surface area contributed by atoms with Gasteiger partial charge in [-0.1, -0.05) is 13.2 Å². The summed E-state index contributed by atoms with van der Waals surface area (Å²) < 4.78 is 22.4. The minimum atomic E-state index is -1.41. The molecule has 5 nitrogen and oxygen atoms in total. The van der Waals surface area contributed by atoms with Gasteiger partial charge in [0.05, 0.1) is 10.8 Å². The first-order valence-corrected chi connectivity index (χ1v) is 7.99. The summed E-state index contributed by atoms with van der Waals surface area (Å²) in [6.45, 7) is 6.63. The maximum Gasteiger partial charge on any atom is 0.335 e. The number of rotatable bonds is 6. The Labute approximate surface area is 141 Å². The summed E-state index contributed by atoms with van der Waals surface area (Å²) >= 11 is 0. The van der Waals surface area contributed by atoms with Crippen molar-refractivity contribution in [2.75, 3.05) is 0 Å². The van der Waals surface area contributed by atoms with Gasteiger partial charge in [-0.2, -0.15) is 0 Å². The Bertz CT molecular complexity index is 724. The lowest BCUT2D eigenvalue weighted by atomic mass is 10.3. The number of ether oxygens (including phenoxy) is 2. The third-order valence-electron chi connectivity index (χ3n) is 2.85. The number of carbonyl (C=O) groups is 2. The molecule has 0 aliphatic heterocycles. The lowest BCUT2D eigenvalue weighted by molar-refractivity contribution is -0.129. The fourth-order valence-electron chi connectivity index (χ4n) is 1.71. The van der Waals surface area contributed by atoms with E-state index in [4.69, 9.17) is 9.47 Å². The minimum absolute atomic E-state index is 0.340. The number of esters is 2. The van der Waals surface area contributed by atoms with Crippen LogP contribution in [0.25, 0.3) is 0 Å². The molecule has 2 aromatic rings. The molecule has 0 radical (unpaired) electrons. The van der Waals surface area contributed by atoms with Crippen LogP contribution in [0.2, 0.25) is 0 Å². The fraction of sp³-hybridized carbons (Fsp3) is 0. The molecule has 0 heterocycles. The number of carbonyl (C=O) groups excluding carboxylic acids is 2. The Hall–Kier alpha value is -2.99. The summed E-state index contributed by atoms with van der Waals surface area (Å²) in [5.74, 6) is -0.443. The van der Waals surface area contributed by atoms with Gasteiger partial charge in [0.2, 0.25) is 0 Å². The maximum absolute atomic E-state index is 12.5. The molecule has 0 N–H and O–H groups in total. The van der Waals surface area contributed by atoms with Crippen molar-refractivity contribution < 1.29 is 23.3 Å². The fourth-order valence-corrected chi connectivity index (χ4v) is 2.75. The van der Waals surface area contributed by atoms with Gasteiger partial charge in [0, 0.05) is 21.9 Å². The van der Waals surface area contributed by atoms with Crippen molar-refractivity contribution in [3.8, 4) is 11.5 Å². The molecule has 0 aromatic heterocycles. The topological polar surface area (TPSA) is 69.7 Å². The van der Waals surface area contributed by atoms with E-state index in [9.17, 15) is 13.8 Å². The third-order valence-corrected chi connectivity index (χ3v) is 4.25. The van der Waals surface area contributed by atoms with E-state index in [2.05, 4.69) is 13.2 Å². The summed E-state index contributed by atoms with van der Waals surface area (Å²) in [4.78, 5) is 23.3. The van der Waals surface area contributed by atoms with Crippen LogP contribution >= 0.6 is 0 Å². The summed E-state index contributed by atoms with van der Waals surface area (Å²) in [5, 5.41) is 0. The van der Waals surface area contributed by atoms with E-state index < -0.39 is 22.7 Å². The summed E-state index contributed by atoms with van der Waals surface area (Å²) in [6, 6.07) is 12.6. The van der Waals surface area contributed by atoms with Crippen molar-refractivity contribution in [2.24, 2.45) is 0 Å². The molecule has 0 saturated heterocycles. The zero-order chi connectivity index (χ0) is 17.5. The predicted molar refractivity (Wildman–Crippen MR) is 89.2 cm³/mol. The minimum Gasteiger partial charge on any atom is -0.423 e. The van der Waals surface area contributed by atoms with E-state index in [1.807, 2.05) is 0 Å². The highest BCUT2D eigenvalue weighted by atomic mass is 32.2. The van der Waals surface area contributed by atoms with Crippen molar-refractivity contribution in [2.45, 2.75) is 9.79 Å². The quantitative estimate of drug-likeness (QED) is 0.458. The maximum atomic E-state index is 12.5. The Balaban J connectivity index is 2.10. The Morgan fingerprint density at radius 2 is 1.08 bits per heavy atom. The highest BCUT2D eigenvalue weighted by Crippen LogP contribution is 2.22. The van der Waals surface area contributed by atoms with Gasteiger partial charge in [-0.25, -0.2) is 13.8 Å². The molecular formula is C18H14O5S. The van der Waals surface area contributed by atoms with Crippen LogP contribution in [0.5, 0.6) is 11.5 Å². The average Bonchev–Trinajstić information content (AvgIpc) is 2.62. The van der Waals surface area contributed by atoms with Crippen molar-refractivity contribution in [3.63, 3.8) is 0 Å². The lowest BCUT2D eigenvalue weighted by Gasteiger charge is -2.06. The van der Waals surface area contributed by atoms with Gasteiger partial charge in [-0.15, -0.1) is 0 Å². The lowest BCUT2D eigenvalue weighted by Crippen LogP contribution is -2.03. The molecule has 0 unspecified atom stereocenters. The van der Waals surface area contributed by atoms with Crippen molar-refractivity contribution in [1.29, 1.82) is 0 Å².